The van der Waals surface area contributed by atoms with E-state index in [-0.39, 0.29) is 11.9 Å². The van der Waals surface area contributed by atoms with Crippen molar-refractivity contribution in [3.8, 4) is 10.4 Å². The van der Waals surface area contributed by atoms with E-state index in [1.165, 1.54) is 41.0 Å². The number of carbonyl (C=O) groups excluding carboxylic acids is 1. The molecule has 1 aliphatic carbocycles. The van der Waals surface area contributed by atoms with E-state index in [9.17, 15) is 4.79 Å². The van der Waals surface area contributed by atoms with Crippen LogP contribution in [-0.4, -0.2) is 31.1 Å². The van der Waals surface area contributed by atoms with E-state index in [1.54, 1.807) is 0 Å². The van der Waals surface area contributed by atoms with Gasteiger partial charge in [0.25, 0.3) is 5.91 Å². The predicted octanol–water partition coefficient (Wildman–Crippen LogP) is 6.41. The van der Waals surface area contributed by atoms with Crippen molar-refractivity contribution in [2.24, 2.45) is 0 Å². The molecule has 2 fully saturated rings. The van der Waals surface area contributed by atoms with Crippen molar-refractivity contribution in [2.75, 3.05) is 18.4 Å². The highest BCUT2D eigenvalue weighted by molar-refractivity contribution is 7.15. The number of rotatable bonds is 9. The van der Waals surface area contributed by atoms with Crippen LogP contribution in [0.5, 0.6) is 0 Å². The summed E-state index contributed by atoms with van der Waals surface area (Å²) >= 11 is 1.86. The third-order valence-corrected chi connectivity index (χ3v) is 8.93. The first kappa shape index (κ1) is 26.0. The van der Waals surface area contributed by atoms with Crippen LogP contribution in [0.4, 0.5) is 5.69 Å². The second-order valence-electron chi connectivity index (χ2n) is 10.6. The second kappa shape index (κ2) is 12.2. The van der Waals surface area contributed by atoms with Crippen molar-refractivity contribution in [1.29, 1.82) is 0 Å². The quantitative estimate of drug-likeness (QED) is 0.265. The van der Waals surface area contributed by atoms with Crippen LogP contribution in [0.15, 0.2) is 54.6 Å². The molecule has 5 rings (SSSR count). The molecule has 1 amide bonds. The molecule has 0 bridgehead atoms. The first-order valence-corrected chi connectivity index (χ1v) is 14.7. The van der Waals surface area contributed by atoms with E-state index in [0.717, 1.165) is 54.9 Å². The van der Waals surface area contributed by atoms with Gasteiger partial charge in [-0.25, -0.2) is 0 Å². The second-order valence-corrected chi connectivity index (χ2v) is 11.8. The monoisotopic (exact) mass is 516 g/mol. The maximum atomic E-state index is 13.3. The Morgan fingerprint density at radius 3 is 2.62 bits per heavy atom. The molecule has 196 valence electrons. The van der Waals surface area contributed by atoms with Gasteiger partial charge in [0.15, 0.2) is 0 Å². The Morgan fingerprint density at radius 2 is 1.81 bits per heavy atom. The number of piperidine rings is 1. The molecule has 3 aromatic rings. The molecule has 0 unspecified atom stereocenters. The summed E-state index contributed by atoms with van der Waals surface area (Å²) in [5.41, 5.74) is 5.08. The molecule has 5 nitrogen and oxygen atoms in total. The molecule has 4 N–H and O–H groups in total. The summed E-state index contributed by atoms with van der Waals surface area (Å²) in [4.78, 5) is 15.9. The highest BCUT2D eigenvalue weighted by Crippen LogP contribution is 2.30. The molecule has 6 heteroatoms. The van der Waals surface area contributed by atoms with Crippen molar-refractivity contribution in [2.45, 2.75) is 77.0 Å². The van der Waals surface area contributed by atoms with E-state index in [1.807, 2.05) is 30.4 Å². The van der Waals surface area contributed by atoms with Crippen LogP contribution in [-0.2, 0) is 6.54 Å². The van der Waals surface area contributed by atoms with Gasteiger partial charge in [-0.1, -0.05) is 37.1 Å². The smallest absolute Gasteiger partial charge is 0.252 e. The number of hydrogen-bond acceptors (Lipinski definition) is 5. The average molecular weight is 517 g/mol. The van der Waals surface area contributed by atoms with Crippen molar-refractivity contribution in [3.63, 3.8) is 0 Å². The number of carbonyl (C=O) groups is 1. The Balaban J connectivity index is 1.22. The zero-order valence-electron chi connectivity index (χ0n) is 22.1. The zero-order chi connectivity index (χ0) is 25.6. The van der Waals surface area contributed by atoms with Gasteiger partial charge in [0.05, 0.1) is 6.04 Å². The molecule has 1 atom stereocenters. The van der Waals surface area contributed by atoms with Crippen LogP contribution in [0.3, 0.4) is 0 Å². The van der Waals surface area contributed by atoms with Gasteiger partial charge >= 0.3 is 0 Å². The van der Waals surface area contributed by atoms with Crippen LogP contribution in [0.2, 0.25) is 0 Å². The summed E-state index contributed by atoms with van der Waals surface area (Å²) in [6, 6.07) is 20.2. The lowest BCUT2D eigenvalue weighted by Crippen LogP contribution is -2.35. The van der Waals surface area contributed by atoms with Crippen LogP contribution in [0.1, 0.15) is 77.9 Å². The number of aryl methyl sites for hydroxylation is 1. The Hall–Kier alpha value is -2.67. The molecule has 0 radical (unpaired) electrons. The molecule has 2 aliphatic rings. The van der Waals surface area contributed by atoms with Crippen molar-refractivity contribution in [1.82, 2.24) is 16.0 Å². The van der Waals surface area contributed by atoms with Crippen molar-refractivity contribution >= 4 is 22.9 Å². The highest BCUT2D eigenvalue weighted by atomic mass is 32.1. The molecular weight excluding hydrogens is 476 g/mol. The van der Waals surface area contributed by atoms with E-state index in [2.05, 4.69) is 70.7 Å². The number of anilines is 1. The van der Waals surface area contributed by atoms with Gasteiger partial charge < -0.3 is 21.3 Å². The van der Waals surface area contributed by atoms with Gasteiger partial charge in [-0.15, -0.1) is 11.3 Å². The standard InChI is InChI=1S/C31H40N4OS/c1-21-10-11-27(35-26-14-16-32-17-15-26)19-29(21)31(36)34-22(2)23-6-5-7-24(18-23)30-13-12-28(37-30)20-33-25-8-3-4-9-25/h5-7,10-13,18-19,22,25-26,32-33,35H,3-4,8-9,14-17,20H2,1-2H3,(H,34,36)/t22-/m1/s1. The summed E-state index contributed by atoms with van der Waals surface area (Å²) in [5, 5.41) is 14.0. The molecule has 1 saturated heterocycles. The fourth-order valence-electron chi connectivity index (χ4n) is 5.48. The lowest BCUT2D eigenvalue weighted by molar-refractivity contribution is 0.0939. The largest absolute Gasteiger partial charge is 0.382 e. The maximum Gasteiger partial charge on any atom is 0.252 e. The van der Waals surface area contributed by atoms with E-state index >= 15 is 0 Å². The maximum absolute atomic E-state index is 13.3. The van der Waals surface area contributed by atoms with Gasteiger partial charge in [0, 0.05) is 39.6 Å². The van der Waals surface area contributed by atoms with Crippen LogP contribution in [0.25, 0.3) is 10.4 Å². The Morgan fingerprint density at radius 1 is 1.00 bits per heavy atom. The first-order chi connectivity index (χ1) is 18.0. The number of hydrogen-bond donors (Lipinski definition) is 4. The predicted molar refractivity (Wildman–Crippen MR) is 155 cm³/mol. The number of benzene rings is 2. The van der Waals surface area contributed by atoms with Crippen molar-refractivity contribution in [3.05, 3.63) is 76.2 Å². The lowest BCUT2D eigenvalue weighted by atomic mass is 10.0. The minimum absolute atomic E-state index is 0.0271. The molecule has 37 heavy (non-hydrogen) atoms. The average Bonchev–Trinajstić information content (AvgIpc) is 3.62. The van der Waals surface area contributed by atoms with E-state index in [0.29, 0.717) is 12.1 Å². The number of nitrogens with one attached hydrogen (secondary N) is 4. The van der Waals surface area contributed by atoms with Crippen molar-refractivity contribution < 1.29 is 4.79 Å². The lowest BCUT2D eigenvalue weighted by Gasteiger charge is -2.25. The molecule has 1 saturated carbocycles. The molecule has 0 spiro atoms. The fraction of sp³-hybridized carbons (Fsp3) is 0.452. The summed E-state index contributed by atoms with van der Waals surface area (Å²) in [5.74, 6) is -0.0271. The minimum atomic E-state index is -0.0867. The van der Waals surface area contributed by atoms with Crippen LogP contribution >= 0.6 is 11.3 Å². The summed E-state index contributed by atoms with van der Waals surface area (Å²) in [6.07, 6.45) is 7.53. The molecule has 2 aromatic carbocycles. The van der Waals surface area contributed by atoms with Gasteiger partial charge in [-0.2, -0.15) is 0 Å². The summed E-state index contributed by atoms with van der Waals surface area (Å²) in [6.45, 7) is 7.10. The summed E-state index contributed by atoms with van der Waals surface area (Å²) < 4.78 is 0. The van der Waals surface area contributed by atoms with Crippen LogP contribution in [0, 0.1) is 6.92 Å². The van der Waals surface area contributed by atoms with Gasteiger partial charge in [0.1, 0.15) is 0 Å². The zero-order valence-corrected chi connectivity index (χ0v) is 22.9. The van der Waals surface area contributed by atoms with Crippen LogP contribution < -0.4 is 21.3 Å². The van der Waals surface area contributed by atoms with E-state index in [4.69, 9.17) is 0 Å². The molecule has 2 heterocycles. The third kappa shape index (κ3) is 6.81. The third-order valence-electron chi connectivity index (χ3n) is 7.79. The molecule has 1 aliphatic heterocycles. The first-order valence-electron chi connectivity index (χ1n) is 13.9. The Kier molecular flexibility index (Phi) is 8.59. The fourth-order valence-corrected chi connectivity index (χ4v) is 6.44. The van der Waals surface area contributed by atoms with E-state index < -0.39 is 0 Å². The molecular formula is C31H40N4OS. The Labute approximate surface area is 225 Å². The van der Waals surface area contributed by atoms with Gasteiger partial charge in [-0.3, -0.25) is 4.79 Å². The molecule has 1 aromatic heterocycles. The Bertz CT molecular complexity index is 1190. The van der Waals surface area contributed by atoms with Gasteiger partial charge in [0.2, 0.25) is 0 Å². The summed E-state index contributed by atoms with van der Waals surface area (Å²) in [7, 11) is 0. The SMILES string of the molecule is Cc1ccc(NC2CCNCC2)cc1C(=O)N[C@H](C)c1cccc(-c2ccc(CNC3CCCC3)s2)c1. The minimum Gasteiger partial charge on any atom is -0.382 e. The normalized spacial score (nSPS) is 17.6. The topological polar surface area (TPSA) is 65.2 Å². The highest BCUT2D eigenvalue weighted by Gasteiger charge is 2.18. The van der Waals surface area contributed by atoms with Gasteiger partial charge in [-0.05, 0) is 99.6 Å². The number of amides is 1. The number of thiophene rings is 1.